The Bertz CT molecular complexity index is 344. The van der Waals surface area contributed by atoms with E-state index in [9.17, 15) is 4.57 Å². The molecule has 0 heterocycles. The maximum atomic E-state index is 13.0. The first-order valence-corrected chi connectivity index (χ1v) is 13.4. The lowest BCUT2D eigenvalue weighted by Gasteiger charge is -2.20. The van der Waals surface area contributed by atoms with Crippen molar-refractivity contribution in [2.45, 2.75) is 104 Å². The summed E-state index contributed by atoms with van der Waals surface area (Å²) < 4.78 is 24.4. The van der Waals surface area contributed by atoms with Gasteiger partial charge in [0.05, 0.1) is 13.2 Å². The third-order valence-corrected chi connectivity index (χ3v) is 6.54. The van der Waals surface area contributed by atoms with E-state index >= 15 is 0 Å². The topological polar surface area (TPSA) is 50.8 Å². The summed E-state index contributed by atoms with van der Waals surface area (Å²) in [5.74, 6) is 0. The third kappa shape index (κ3) is 19.4. The first kappa shape index (κ1) is 28.1. The Morgan fingerprint density at radius 2 is 1.07 bits per heavy atom. The average Bonchev–Trinajstić information content (AvgIpc) is 2.66. The minimum absolute atomic E-state index is 0.511. The lowest BCUT2D eigenvalue weighted by molar-refractivity contribution is 0.188. The van der Waals surface area contributed by atoms with Crippen LogP contribution in [0.5, 0.6) is 0 Å². The van der Waals surface area contributed by atoms with Gasteiger partial charge in [-0.15, -0.1) is 0 Å². The molecule has 6 heteroatoms. The fourth-order valence-corrected chi connectivity index (χ4v) is 4.40. The van der Waals surface area contributed by atoms with Crippen LogP contribution in [0, 0.1) is 0 Å². The van der Waals surface area contributed by atoms with E-state index in [1.807, 2.05) is 14.1 Å². The van der Waals surface area contributed by atoms with Gasteiger partial charge >= 0.3 is 7.75 Å². The highest BCUT2D eigenvalue weighted by Gasteiger charge is 2.23. The quantitative estimate of drug-likeness (QED) is 0.154. The zero-order valence-corrected chi connectivity index (χ0v) is 20.2. The van der Waals surface area contributed by atoms with Gasteiger partial charge in [0.1, 0.15) is 0 Å². The van der Waals surface area contributed by atoms with Crippen LogP contribution in [0.15, 0.2) is 0 Å². The molecule has 28 heavy (non-hydrogen) atoms. The standard InChI is InChI=1S/C22H49N2O3P/c1-5-7-9-11-13-15-17-21-26-28(25,23-19-20-24(3)4)27-22-18-16-14-12-10-8-6-2/h5-22H2,1-4H3,(H,23,25). The van der Waals surface area contributed by atoms with Gasteiger partial charge in [0.25, 0.3) is 0 Å². The fourth-order valence-electron chi connectivity index (χ4n) is 3.03. The molecule has 0 atom stereocenters. The highest BCUT2D eigenvalue weighted by atomic mass is 31.2. The van der Waals surface area contributed by atoms with E-state index in [1.54, 1.807) is 0 Å². The van der Waals surface area contributed by atoms with Crippen molar-refractivity contribution in [2.75, 3.05) is 40.4 Å². The number of nitrogens with one attached hydrogen (secondary N) is 1. The normalized spacial score (nSPS) is 12.2. The Morgan fingerprint density at radius 1 is 0.679 bits per heavy atom. The van der Waals surface area contributed by atoms with Crippen molar-refractivity contribution in [3.8, 4) is 0 Å². The number of rotatable bonds is 22. The largest absolute Gasteiger partial charge is 0.405 e. The van der Waals surface area contributed by atoms with Gasteiger partial charge in [-0.25, -0.2) is 9.65 Å². The number of hydrogen-bond donors (Lipinski definition) is 1. The molecule has 1 N–H and O–H groups in total. The summed E-state index contributed by atoms with van der Waals surface area (Å²) in [6, 6.07) is 0. The van der Waals surface area contributed by atoms with Crippen LogP contribution in [0.2, 0.25) is 0 Å². The summed E-state index contributed by atoms with van der Waals surface area (Å²) in [5.41, 5.74) is 0. The molecular formula is C22H49N2O3P. The molecule has 170 valence electrons. The highest BCUT2D eigenvalue weighted by molar-refractivity contribution is 7.51. The van der Waals surface area contributed by atoms with Crippen LogP contribution in [-0.2, 0) is 13.6 Å². The average molecular weight is 421 g/mol. The van der Waals surface area contributed by atoms with Crippen molar-refractivity contribution >= 4 is 7.75 Å². The van der Waals surface area contributed by atoms with Gasteiger partial charge in [0.15, 0.2) is 0 Å². The Morgan fingerprint density at radius 3 is 1.46 bits per heavy atom. The van der Waals surface area contributed by atoms with Gasteiger partial charge in [0, 0.05) is 13.1 Å². The maximum Gasteiger partial charge on any atom is 0.405 e. The van der Waals surface area contributed by atoms with Gasteiger partial charge in [0.2, 0.25) is 0 Å². The van der Waals surface area contributed by atoms with Crippen LogP contribution in [-0.4, -0.2) is 45.3 Å². The zero-order valence-electron chi connectivity index (χ0n) is 19.3. The van der Waals surface area contributed by atoms with Crippen molar-refractivity contribution in [2.24, 2.45) is 0 Å². The van der Waals surface area contributed by atoms with Crippen molar-refractivity contribution in [3.05, 3.63) is 0 Å². The Balaban J connectivity index is 3.99. The second-order valence-corrected chi connectivity index (χ2v) is 9.95. The summed E-state index contributed by atoms with van der Waals surface area (Å²) in [7, 11) is 0.826. The minimum atomic E-state index is -3.18. The van der Waals surface area contributed by atoms with E-state index in [-0.39, 0.29) is 0 Å². The van der Waals surface area contributed by atoms with Crippen molar-refractivity contribution in [3.63, 3.8) is 0 Å². The van der Waals surface area contributed by atoms with E-state index in [0.29, 0.717) is 19.8 Å². The van der Waals surface area contributed by atoms with Crippen molar-refractivity contribution in [1.82, 2.24) is 9.99 Å². The first-order chi connectivity index (χ1) is 13.5. The van der Waals surface area contributed by atoms with E-state index < -0.39 is 7.75 Å². The number of likely N-dealkylation sites (N-methyl/N-ethyl adjacent to an activating group) is 1. The molecule has 0 radical (unpaired) electrons. The summed E-state index contributed by atoms with van der Waals surface area (Å²) in [6.07, 6.45) is 17.1. The molecule has 5 nitrogen and oxygen atoms in total. The molecule has 0 unspecified atom stereocenters. The molecule has 0 fully saturated rings. The molecule has 0 aliphatic heterocycles. The lowest BCUT2D eigenvalue weighted by Crippen LogP contribution is -2.26. The van der Waals surface area contributed by atoms with Gasteiger partial charge in [-0.2, -0.15) is 0 Å². The zero-order chi connectivity index (χ0) is 20.9. The predicted octanol–water partition coefficient (Wildman–Crippen LogP) is 6.78. The molecule has 0 aromatic heterocycles. The van der Waals surface area contributed by atoms with Crippen LogP contribution in [0.25, 0.3) is 0 Å². The fraction of sp³-hybridized carbons (Fsp3) is 1.00. The van der Waals surface area contributed by atoms with Gasteiger partial charge < -0.3 is 4.90 Å². The van der Waals surface area contributed by atoms with Crippen LogP contribution in [0.3, 0.4) is 0 Å². The van der Waals surface area contributed by atoms with Crippen LogP contribution in [0.1, 0.15) is 104 Å². The summed E-state index contributed by atoms with van der Waals surface area (Å²) in [4.78, 5) is 2.06. The Hall–Kier alpha value is 0.0700. The van der Waals surface area contributed by atoms with E-state index in [2.05, 4.69) is 23.8 Å². The molecule has 0 saturated heterocycles. The lowest BCUT2D eigenvalue weighted by atomic mass is 10.1. The molecule has 0 bridgehead atoms. The SMILES string of the molecule is CCCCCCCCCOP(=O)(NCCN(C)C)OCCCCCCCCC. The molecule has 0 spiro atoms. The summed E-state index contributed by atoms with van der Waals surface area (Å²) in [6.45, 7) is 6.92. The van der Waals surface area contributed by atoms with Gasteiger partial charge in [-0.3, -0.25) is 9.05 Å². The third-order valence-electron chi connectivity index (χ3n) is 4.88. The molecule has 0 aliphatic rings. The smallest absolute Gasteiger partial charge is 0.308 e. The van der Waals surface area contributed by atoms with Gasteiger partial charge in [-0.1, -0.05) is 90.9 Å². The van der Waals surface area contributed by atoms with Gasteiger partial charge in [-0.05, 0) is 26.9 Å². The molecular weight excluding hydrogens is 371 g/mol. The molecule has 0 aromatic rings. The second-order valence-electron chi connectivity index (χ2n) is 8.12. The second kappa shape index (κ2) is 20.3. The molecule has 0 saturated carbocycles. The van der Waals surface area contributed by atoms with E-state index in [1.165, 1.54) is 64.2 Å². The van der Waals surface area contributed by atoms with Crippen molar-refractivity contribution < 1.29 is 13.6 Å². The Kier molecular flexibility index (Phi) is 20.4. The minimum Gasteiger partial charge on any atom is -0.308 e. The molecule has 0 amide bonds. The Labute approximate surface area is 175 Å². The molecule has 0 aliphatic carbocycles. The van der Waals surface area contributed by atoms with E-state index in [4.69, 9.17) is 9.05 Å². The predicted molar refractivity (Wildman–Crippen MR) is 122 cm³/mol. The highest BCUT2D eigenvalue weighted by Crippen LogP contribution is 2.43. The molecule has 0 aromatic carbocycles. The molecule has 0 rings (SSSR count). The first-order valence-electron chi connectivity index (χ1n) is 11.8. The van der Waals surface area contributed by atoms with Crippen molar-refractivity contribution in [1.29, 1.82) is 0 Å². The number of unbranched alkanes of at least 4 members (excludes halogenated alkanes) is 12. The van der Waals surface area contributed by atoms with E-state index in [0.717, 1.165) is 32.2 Å². The maximum absolute atomic E-state index is 13.0. The number of nitrogens with zero attached hydrogens (tertiary/aromatic N) is 1. The summed E-state index contributed by atoms with van der Waals surface area (Å²) >= 11 is 0. The number of hydrogen-bond acceptors (Lipinski definition) is 4. The monoisotopic (exact) mass is 420 g/mol. The van der Waals surface area contributed by atoms with Crippen LogP contribution < -0.4 is 5.09 Å². The van der Waals surface area contributed by atoms with Crippen LogP contribution in [0.4, 0.5) is 0 Å². The summed E-state index contributed by atoms with van der Waals surface area (Å²) in [5, 5.41) is 3.03. The van der Waals surface area contributed by atoms with Crippen LogP contribution >= 0.6 is 7.75 Å².